The van der Waals surface area contributed by atoms with Gasteiger partial charge in [-0.3, -0.25) is 4.98 Å². The molecular weight excluding hydrogens is 354 g/mol. The summed E-state index contributed by atoms with van der Waals surface area (Å²) in [5, 5.41) is 2.92. The Morgan fingerprint density at radius 2 is 2.04 bits per heavy atom. The summed E-state index contributed by atoms with van der Waals surface area (Å²) < 4.78 is 7.50. The van der Waals surface area contributed by atoms with E-state index in [2.05, 4.69) is 15.3 Å². The molecule has 0 saturated carbocycles. The maximum Gasteiger partial charge on any atom is 0.322 e. The van der Waals surface area contributed by atoms with Gasteiger partial charge in [-0.1, -0.05) is 12.1 Å². The van der Waals surface area contributed by atoms with Gasteiger partial charge in [-0.2, -0.15) is 0 Å². The third-order valence-corrected chi connectivity index (χ3v) is 4.21. The van der Waals surface area contributed by atoms with Crippen LogP contribution in [0.15, 0.2) is 67.5 Å². The molecule has 3 aromatic rings. The second kappa shape index (κ2) is 10.1. The zero-order chi connectivity index (χ0) is 19.6. The first-order valence-electron chi connectivity index (χ1n) is 9.38. The molecule has 3 rings (SSSR count). The minimum atomic E-state index is -0.146. The van der Waals surface area contributed by atoms with Gasteiger partial charge in [-0.15, -0.1) is 0 Å². The highest BCUT2D eigenvalue weighted by molar-refractivity contribution is 5.89. The SMILES string of the molecule is CCOc1ccc(CN(CCCn2ccnc2)C(=O)Nc2cccnc2)cc1. The van der Waals surface area contributed by atoms with E-state index in [0.717, 1.165) is 24.3 Å². The lowest BCUT2D eigenvalue weighted by molar-refractivity contribution is 0.207. The van der Waals surface area contributed by atoms with Crippen molar-refractivity contribution in [3.63, 3.8) is 0 Å². The Morgan fingerprint density at radius 1 is 1.18 bits per heavy atom. The fourth-order valence-electron chi connectivity index (χ4n) is 2.83. The molecule has 1 N–H and O–H groups in total. The van der Waals surface area contributed by atoms with Crippen molar-refractivity contribution in [3.8, 4) is 5.75 Å². The molecule has 0 fully saturated rings. The monoisotopic (exact) mass is 379 g/mol. The van der Waals surface area contributed by atoms with Crippen LogP contribution in [0.3, 0.4) is 0 Å². The molecular formula is C21H25N5O2. The van der Waals surface area contributed by atoms with E-state index in [9.17, 15) is 4.79 Å². The lowest BCUT2D eigenvalue weighted by Gasteiger charge is -2.23. The Labute approximate surface area is 165 Å². The van der Waals surface area contributed by atoms with Crippen molar-refractivity contribution in [3.05, 3.63) is 73.1 Å². The number of carbonyl (C=O) groups is 1. The van der Waals surface area contributed by atoms with Gasteiger partial charge < -0.3 is 19.5 Å². The van der Waals surface area contributed by atoms with Gasteiger partial charge in [-0.25, -0.2) is 9.78 Å². The standard InChI is InChI=1S/C21H25N5O2/c1-2-28-20-8-6-18(7-9-20)16-26(13-4-12-25-14-11-23-17-25)21(27)24-19-5-3-10-22-15-19/h3,5-11,14-15,17H,2,4,12-13,16H2,1H3,(H,24,27). The van der Waals surface area contributed by atoms with Gasteiger partial charge in [0.05, 0.1) is 24.8 Å². The number of amides is 2. The van der Waals surface area contributed by atoms with Crippen LogP contribution in [-0.4, -0.2) is 38.6 Å². The largest absolute Gasteiger partial charge is 0.494 e. The van der Waals surface area contributed by atoms with Crippen molar-refractivity contribution in [2.75, 3.05) is 18.5 Å². The molecule has 28 heavy (non-hydrogen) atoms. The number of imidazole rings is 1. The number of hydrogen-bond donors (Lipinski definition) is 1. The zero-order valence-corrected chi connectivity index (χ0v) is 16.0. The number of nitrogens with zero attached hydrogens (tertiary/aromatic N) is 4. The Morgan fingerprint density at radius 3 is 2.71 bits per heavy atom. The van der Waals surface area contributed by atoms with Crippen molar-refractivity contribution in [2.45, 2.75) is 26.4 Å². The third-order valence-electron chi connectivity index (χ3n) is 4.21. The summed E-state index contributed by atoms with van der Waals surface area (Å²) in [6, 6.07) is 11.3. The molecule has 0 radical (unpaired) electrons. The molecule has 7 nitrogen and oxygen atoms in total. The van der Waals surface area contributed by atoms with E-state index in [1.165, 1.54) is 0 Å². The smallest absolute Gasteiger partial charge is 0.322 e. The Kier molecular flexibility index (Phi) is 7.01. The van der Waals surface area contributed by atoms with Gasteiger partial charge in [0.25, 0.3) is 0 Å². The van der Waals surface area contributed by atoms with E-state index in [4.69, 9.17) is 4.74 Å². The number of aryl methyl sites for hydroxylation is 1. The highest BCUT2D eigenvalue weighted by Crippen LogP contribution is 2.15. The van der Waals surface area contributed by atoms with Gasteiger partial charge in [0.1, 0.15) is 5.75 Å². The summed E-state index contributed by atoms with van der Waals surface area (Å²) in [6.07, 6.45) is 9.61. The molecule has 0 aliphatic carbocycles. The number of urea groups is 1. The van der Waals surface area contributed by atoms with Gasteiger partial charge >= 0.3 is 6.03 Å². The fraction of sp³-hybridized carbons (Fsp3) is 0.286. The molecule has 0 spiro atoms. The maximum absolute atomic E-state index is 12.8. The summed E-state index contributed by atoms with van der Waals surface area (Å²) in [6.45, 7) is 4.53. The second-order valence-corrected chi connectivity index (χ2v) is 6.32. The quantitative estimate of drug-likeness (QED) is 0.614. The van der Waals surface area contributed by atoms with Crippen LogP contribution in [0.4, 0.5) is 10.5 Å². The van der Waals surface area contributed by atoms with Crippen molar-refractivity contribution < 1.29 is 9.53 Å². The summed E-state index contributed by atoms with van der Waals surface area (Å²) >= 11 is 0. The number of ether oxygens (including phenoxy) is 1. The topological polar surface area (TPSA) is 72.3 Å². The number of carbonyl (C=O) groups excluding carboxylic acids is 1. The highest BCUT2D eigenvalue weighted by Gasteiger charge is 2.14. The number of nitrogens with one attached hydrogen (secondary N) is 1. The number of aromatic nitrogens is 3. The van der Waals surface area contributed by atoms with Crippen LogP contribution in [0.25, 0.3) is 0 Å². The van der Waals surface area contributed by atoms with Crippen LogP contribution >= 0.6 is 0 Å². The van der Waals surface area contributed by atoms with Gasteiger partial charge in [0, 0.05) is 38.2 Å². The van der Waals surface area contributed by atoms with Crippen LogP contribution in [-0.2, 0) is 13.1 Å². The Balaban J connectivity index is 1.64. The molecule has 0 aliphatic heterocycles. The number of hydrogen-bond acceptors (Lipinski definition) is 4. The summed E-state index contributed by atoms with van der Waals surface area (Å²) in [7, 11) is 0. The molecule has 0 unspecified atom stereocenters. The lowest BCUT2D eigenvalue weighted by Crippen LogP contribution is -2.35. The first kappa shape index (κ1) is 19.4. The van der Waals surface area contributed by atoms with Crippen LogP contribution < -0.4 is 10.1 Å². The molecule has 1 aromatic carbocycles. The third kappa shape index (κ3) is 5.84. The Bertz CT molecular complexity index is 835. The van der Waals surface area contributed by atoms with Crippen molar-refractivity contribution in [1.29, 1.82) is 0 Å². The molecule has 7 heteroatoms. The van der Waals surface area contributed by atoms with E-state index >= 15 is 0 Å². The van der Waals surface area contributed by atoms with Gasteiger partial charge in [0.15, 0.2) is 0 Å². The van der Waals surface area contributed by atoms with E-state index in [1.807, 2.05) is 48.0 Å². The van der Waals surface area contributed by atoms with E-state index < -0.39 is 0 Å². The van der Waals surface area contributed by atoms with E-state index in [1.54, 1.807) is 35.9 Å². The normalized spacial score (nSPS) is 10.5. The molecule has 0 bridgehead atoms. The average molecular weight is 379 g/mol. The number of rotatable bonds is 9. The van der Waals surface area contributed by atoms with Gasteiger partial charge in [0.2, 0.25) is 0 Å². The molecule has 2 aromatic heterocycles. The first-order valence-corrected chi connectivity index (χ1v) is 9.38. The van der Waals surface area contributed by atoms with Crippen LogP contribution in [0.5, 0.6) is 5.75 Å². The molecule has 2 heterocycles. The second-order valence-electron chi connectivity index (χ2n) is 6.32. The average Bonchev–Trinajstić information content (AvgIpc) is 3.23. The van der Waals surface area contributed by atoms with Crippen LogP contribution in [0.2, 0.25) is 0 Å². The molecule has 146 valence electrons. The predicted octanol–water partition coefficient (Wildman–Crippen LogP) is 3.80. The van der Waals surface area contributed by atoms with Gasteiger partial charge in [-0.05, 0) is 43.2 Å². The van der Waals surface area contributed by atoms with Crippen molar-refractivity contribution in [2.24, 2.45) is 0 Å². The maximum atomic E-state index is 12.8. The summed E-state index contributed by atoms with van der Waals surface area (Å²) in [5.41, 5.74) is 1.73. The summed E-state index contributed by atoms with van der Waals surface area (Å²) in [5.74, 6) is 0.831. The number of pyridine rings is 1. The molecule has 2 amide bonds. The predicted molar refractivity (Wildman–Crippen MR) is 108 cm³/mol. The fourth-order valence-corrected chi connectivity index (χ4v) is 2.83. The number of anilines is 1. The van der Waals surface area contributed by atoms with Crippen LogP contribution in [0.1, 0.15) is 18.9 Å². The minimum absolute atomic E-state index is 0.146. The number of benzene rings is 1. The Hall–Kier alpha value is -3.35. The van der Waals surface area contributed by atoms with Crippen LogP contribution in [0, 0.1) is 0 Å². The minimum Gasteiger partial charge on any atom is -0.494 e. The van der Waals surface area contributed by atoms with E-state index in [0.29, 0.717) is 25.4 Å². The lowest BCUT2D eigenvalue weighted by atomic mass is 10.2. The zero-order valence-electron chi connectivity index (χ0n) is 16.0. The first-order chi connectivity index (χ1) is 13.7. The highest BCUT2D eigenvalue weighted by atomic mass is 16.5. The molecule has 0 atom stereocenters. The molecule has 0 aliphatic rings. The van der Waals surface area contributed by atoms with E-state index in [-0.39, 0.29) is 6.03 Å². The molecule has 0 saturated heterocycles. The summed E-state index contributed by atoms with van der Waals surface area (Å²) in [4.78, 5) is 22.7. The van der Waals surface area contributed by atoms with Crippen molar-refractivity contribution >= 4 is 11.7 Å². The van der Waals surface area contributed by atoms with Crippen molar-refractivity contribution in [1.82, 2.24) is 19.4 Å².